The maximum Gasteiger partial charge on any atom is 0.224 e. The van der Waals surface area contributed by atoms with Gasteiger partial charge in [0.05, 0.1) is 59.2 Å². The Balaban J connectivity index is 1.69. The molecular weight excluding hydrogens is 484 g/mol. The van der Waals surface area contributed by atoms with E-state index in [9.17, 15) is 15.3 Å². The van der Waals surface area contributed by atoms with Crippen molar-refractivity contribution in [2.75, 3.05) is 37.0 Å². The molecule has 0 saturated heterocycles. The molecule has 4 atom stereocenters. The van der Waals surface area contributed by atoms with Gasteiger partial charge in [0.2, 0.25) is 5.95 Å². The molecule has 0 bridgehead atoms. The largest absolute Gasteiger partial charge is 0.394 e. The van der Waals surface area contributed by atoms with Gasteiger partial charge in [0.25, 0.3) is 0 Å². The second kappa shape index (κ2) is 10.9. The molecule has 1 unspecified atom stereocenters. The number of hydrogen-bond acceptors (Lipinski definition) is 12. The Labute approximate surface area is 213 Å². The number of aromatic nitrogens is 4. The first-order valence-corrected chi connectivity index (χ1v) is 12.8. The Bertz CT molecular complexity index is 1200. The number of aliphatic hydroxyl groups excluding tert-OH is 3. The van der Waals surface area contributed by atoms with Crippen LogP contribution in [0.1, 0.15) is 31.7 Å². The fraction of sp³-hybridized carbons (Fsp3) is 0.583. The van der Waals surface area contributed by atoms with Crippen molar-refractivity contribution >= 4 is 33.3 Å². The van der Waals surface area contributed by atoms with Crippen LogP contribution >= 0.6 is 11.3 Å². The third kappa shape index (κ3) is 5.58. The first-order chi connectivity index (χ1) is 17.1. The number of hydrogen-bond donors (Lipinski definition) is 6. The van der Waals surface area contributed by atoms with Crippen molar-refractivity contribution in [3.63, 3.8) is 0 Å². The zero-order valence-electron chi connectivity index (χ0n) is 20.9. The summed E-state index contributed by atoms with van der Waals surface area (Å²) in [5.74, 6) is 0.338. The van der Waals surface area contributed by atoms with Crippen LogP contribution in [-0.4, -0.2) is 90.6 Å². The average molecular weight is 519 g/mol. The van der Waals surface area contributed by atoms with Crippen LogP contribution in [0.5, 0.6) is 0 Å². The summed E-state index contributed by atoms with van der Waals surface area (Å²) in [5.41, 5.74) is 1.87. The van der Waals surface area contributed by atoms with Gasteiger partial charge in [0, 0.05) is 18.7 Å². The van der Waals surface area contributed by atoms with Crippen molar-refractivity contribution in [1.29, 1.82) is 0 Å². The fourth-order valence-electron chi connectivity index (χ4n) is 4.56. The van der Waals surface area contributed by atoms with Crippen molar-refractivity contribution in [1.82, 2.24) is 19.9 Å². The molecule has 1 aliphatic carbocycles. The third-order valence-corrected chi connectivity index (χ3v) is 7.51. The standard InChI is InChI=1S/C24H34N6O5S/c1-12-17(22-29-18-13(2)25-6-5-16(18)36-22)21(30-23(27-12)26-7-9-35-10-8-31)28-15-11-14(24(3,4)34)19(32)20(15)33/h5-6,14-15,19-20,31-34H,7-11H2,1-4H3,(H2,26,27,28,30)/t14-,15?,19+,20-/m0/s1. The van der Waals surface area contributed by atoms with Crippen LogP contribution < -0.4 is 10.6 Å². The minimum absolute atomic E-state index is 0.0449. The lowest BCUT2D eigenvalue weighted by Crippen LogP contribution is -2.40. The molecule has 3 aromatic heterocycles. The summed E-state index contributed by atoms with van der Waals surface area (Å²) in [5, 5.41) is 47.9. The molecule has 1 saturated carbocycles. The number of pyridine rings is 1. The number of ether oxygens (including phenoxy) is 1. The average Bonchev–Trinajstić information content (AvgIpc) is 3.36. The number of anilines is 2. The summed E-state index contributed by atoms with van der Waals surface area (Å²) in [7, 11) is 0. The smallest absolute Gasteiger partial charge is 0.224 e. The summed E-state index contributed by atoms with van der Waals surface area (Å²) >= 11 is 1.50. The van der Waals surface area contributed by atoms with Crippen LogP contribution in [0.4, 0.5) is 11.8 Å². The van der Waals surface area contributed by atoms with Crippen LogP contribution in [0, 0.1) is 19.8 Å². The van der Waals surface area contributed by atoms with Gasteiger partial charge < -0.3 is 35.8 Å². The van der Waals surface area contributed by atoms with E-state index in [-0.39, 0.29) is 13.2 Å². The van der Waals surface area contributed by atoms with E-state index in [4.69, 9.17) is 14.8 Å². The molecule has 3 heterocycles. The molecule has 0 aliphatic heterocycles. The lowest BCUT2D eigenvalue weighted by molar-refractivity contribution is -0.0601. The maximum atomic E-state index is 10.8. The molecule has 0 spiro atoms. The SMILES string of the molecule is Cc1nc(NCCOCCO)nc(NC2C[C@H](C(C)(C)O)[C@@H](O)[C@H]2O)c1-c1nc2c(C)nccc2s1. The zero-order valence-corrected chi connectivity index (χ0v) is 21.7. The van der Waals surface area contributed by atoms with E-state index in [2.05, 4.69) is 25.6 Å². The van der Waals surface area contributed by atoms with Gasteiger partial charge in [-0.25, -0.2) is 9.97 Å². The van der Waals surface area contributed by atoms with E-state index in [0.29, 0.717) is 47.6 Å². The van der Waals surface area contributed by atoms with Gasteiger partial charge in [-0.3, -0.25) is 4.98 Å². The van der Waals surface area contributed by atoms with Crippen LogP contribution in [-0.2, 0) is 4.74 Å². The van der Waals surface area contributed by atoms with Gasteiger partial charge in [-0.05, 0) is 40.2 Å². The number of nitrogens with zero attached hydrogens (tertiary/aromatic N) is 4. The third-order valence-electron chi connectivity index (χ3n) is 6.47. The first-order valence-electron chi connectivity index (χ1n) is 12.0. The first kappa shape index (κ1) is 26.6. The van der Waals surface area contributed by atoms with Crippen molar-refractivity contribution in [3.05, 3.63) is 23.7 Å². The van der Waals surface area contributed by atoms with Crippen LogP contribution in [0.15, 0.2) is 12.3 Å². The predicted octanol–water partition coefficient (Wildman–Crippen LogP) is 1.48. The number of aryl methyl sites for hydroxylation is 2. The van der Waals surface area contributed by atoms with Gasteiger partial charge >= 0.3 is 0 Å². The highest BCUT2D eigenvalue weighted by Gasteiger charge is 2.48. The second-order valence-electron chi connectivity index (χ2n) is 9.61. The number of aliphatic hydroxyl groups is 4. The summed E-state index contributed by atoms with van der Waals surface area (Å²) in [6.45, 7) is 8.07. The topological polar surface area (TPSA) is 166 Å². The summed E-state index contributed by atoms with van der Waals surface area (Å²) < 4.78 is 6.29. The molecule has 12 heteroatoms. The normalized spacial score (nSPS) is 22.3. The number of thiazole rings is 1. The summed E-state index contributed by atoms with van der Waals surface area (Å²) in [6, 6.07) is 1.38. The Hall–Kier alpha value is -2.48. The molecule has 1 aliphatic rings. The van der Waals surface area contributed by atoms with Crippen molar-refractivity contribution < 1.29 is 25.2 Å². The zero-order chi connectivity index (χ0) is 26.0. The minimum Gasteiger partial charge on any atom is -0.394 e. The highest BCUT2D eigenvalue weighted by molar-refractivity contribution is 7.21. The summed E-state index contributed by atoms with van der Waals surface area (Å²) in [4.78, 5) is 18.5. The highest BCUT2D eigenvalue weighted by atomic mass is 32.1. The molecule has 0 aromatic carbocycles. The van der Waals surface area contributed by atoms with E-state index in [1.807, 2.05) is 19.9 Å². The van der Waals surface area contributed by atoms with E-state index in [0.717, 1.165) is 15.9 Å². The van der Waals surface area contributed by atoms with Crippen LogP contribution in [0.25, 0.3) is 20.8 Å². The predicted molar refractivity (Wildman–Crippen MR) is 138 cm³/mol. The molecule has 36 heavy (non-hydrogen) atoms. The number of rotatable bonds is 10. The Morgan fingerprint density at radius 1 is 1.11 bits per heavy atom. The monoisotopic (exact) mass is 518 g/mol. The Kier molecular flexibility index (Phi) is 8.03. The Morgan fingerprint density at radius 3 is 2.56 bits per heavy atom. The fourth-order valence-corrected chi connectivity index (χ4v) is 5.67. The van der Waals surface area contributed by atoms with E-state index < -0.39 is 29.8 Å². The lowest BCUT2D eigenvalue weighted by Gasteiger charge is -2.28. The molecule has 0 amide bonds. The van der Waals surface area contributed by atoms with Gasteiger partial charge in [0.15, 0.2) is 0 Å². The molecule has 0 radical (unpaired) electrons. The quantitative estimate of drug-likeness (QED) is 0.215. The molecular formula is C24H34N6O5S. The summed E-state index contributed by atoms with van der Waals surface area (Å²) in [6.07, 6.45) is -0.0586. The molecule has 4 rings (SSSR count). The molecule has 11 nitrogen and oxygen atoms in total. The van der Waals surface area contributed by atoms with Gasteiger partial charge in [0.1, 0.15) is 22.4 Å². The van der Waals surface area contributed by atoms with E-state index in [1.54, 1.807) is 20.0 Å². The van der Waals surface area contributed by atoms with E-state index >= 15 is 0 Å². The van der Waals surface area contributed by atoms with Crippen molar-refractivity contribution in [2.45, 2.75) is 58.0 Å². The van der Waals surface area contributed by atoms with Gasteiger partial charge in [-0.1, -0.05) is 0 Å². The Morgan fingerprint density at radius 2 is 1.89 bits per heavy atom. The molecule has 6 N–H and O–H groups in total. The maximum absolute atomic E-state index is 10.8. The molecule has 196 valence electrons. The van der Waals surface area contributed by atoms with E-state index in [1.165, 1.54) is 11.3 Å². The van der Waals surface area contributed by atoms with Crippen LogP contribution in [0.3, 0.4) is 0 Å². The van der Waals surface area contributed by atoms with Gasteiger partial charge in [-0.2, -0.15) is 4.98 Å². The van der Waals surface area contributed by atoms with Crippen molar-refractivity contribution in [2.24, 2.45) is 5.92 Å². The molecule has 1 fully saturated rings. The lowest BCUT2D eigenvalue weighted by atomic mass is 9.88. The van der Waals surface area contributed by atoms with Crippen LogP contribution in [0.2, 0.25) is 0 Å². The second-order valence-corrected chi connectivity index (χ2v) is 10.6. The number of fused-ring (bicyclic) bond motifs is 1. The molecule has 3 aromatic rings. The number of nitrogens with one attached hydrogen (secondary N) is 2. The minimum atomic E-state index is -1.15. The van der Waals surface area contributed by atoms with Crippen molar-refractivity contribution in [3.8, 4) is 10.6 Å². The highest BCUT2D eigenvalue weighted by Crippen LogP contribution is 2.40. The van der Waals surface area contributed by atoms with Gasteiger partial charge in [-0.15, -0.1) is 11.3 Å².